The summed E-state index contributed by atoms with van der Waals surface area (Å²) >= 11 is 2.98. The zero-order valence-corrected chi connectivity index (χ0v) is 10.1. The van der Waals surface area contributed by atoms with Gasteiger partial charge < -0.3 is 9.90 Å². The Morgan fingerprint density at radius 3 is 2.10 bits per heavy atom. The van der Waals surface area contributed by atoms with E-state index in [-0.39, 0.29) is 29.6 Å². The van der Waals surface area contributed by atoms with Gasteiger partial charge in [-0.3, -0.25) is 0 Å². The van der Waals surface area contributed by atoms with E-state index in [1.54, 1.807) is 0 Å². The van der Waals surface area contributed by atoms with Crippen molar-refractivity contribution in [2.75, 3.05) is 0 Å². The minimum absolute atomic E-state index is 0. The SMILES string of the molecule is CC(C)C[C@@H](Br)C(=O)[O-].[Na+]. The fourth-order valence-corrected chi connectivity index (χ4v) is 1.26. The second-order valence-corrected chi connectivity index (χ2v) is 3.52. The van der Waals surface area contributed by atoms with Gasteiger partial charge in [-0.2, -0.15) is 0 Å². The molecule has 0 aromatic heterocycles. The van der Waals surface area contributed by atoms with E-state index in [0.29, 0.717) is 12.3 Å². The fraction of sp³-hybridized carbons (Fsp3) is 0.833. The molecule has 4 heteroatoms. The van der Waals surface area contributed by atoms with Gasteiger partial charge in [0.15, 0.2) is 0 Å². The van der Waals surface area contributed by atoms with Crippen LogP contribution in [0, 0.1) is 5.92 Å². The van der Waals surface area contributed by atoms with Crippen LogP contribution in [-0.2, 0) is 4.79 Å². The van der Waals surface area contributed by atoms with Crippen LogP contribution < -0.4 is 34.7 Å². The number of carbonyl (C=O) groups excluding carboxylic acids is 1. The molecule has 0 aliphatic heterocycles. The van der Waals surface area contributed by atoms with Gasteiger partial charge in [0.2, 0.25) is 0 Å². The second kappa shape index (κ2) is 6.65. The summed E-state index contributed by atoms with van der Waals surface area (Å²) in [7, 11) is 0. The number of hydrogen-bond acceptors (Lipinski definition) is 2. The molecule has 0 aliphatic carbocycles. The Labute approximate surface area is 91.8 Å². The summed E-state index contributed by atoms with van der Waals surface area (Å²) in [6.45, 7) is 3.94. The number of carbonyl (C=O) groups is 1. The Morgan fingerprint density at radius 1 is 1.60 bits per heavy atom. The van der Waals surface area contributed by atoms with Gasteiger partial charge in [-0.15, -0.1) is 0 Å². The van der Waals surface area contributed by atoms with Crippen molar-refractivity contribution in [3.8, 4) is 0 Å². The van der Waals surface area contributed by atoms with E-state index in [2.05, 4.69) is 15.9 Å². The van der Waals surface area contributed by atoms with E-state index in [1.165, 1.54) is 0 Å². The number of rotatable bonds is 3. The van der Waals surface area contributed by atoms with Crippen LogP contribution in [-0.4, -0.2) is 10.8 Å². The summed E-state index contributed by atoms with van der Waals surface area (Å²) in [5.74, 6) is -0.629. The zero-order chi connectivity index (χ0) is 7.44. The van der Waals surface area contributed by atoms with Gasteiger partial charge in [0.1, 0.15) is 0 Å². The minimum atomic E-state index is -1.02. The smallest absolute Gasteiger partial charge is 0.549 e. The van der Waals surface area contributed by atoms with Crippen LogP contribution in [0.5, 0.6) is 0 Å². The molecule has 0 saturated heterocycles. The van der Waals surface area contributed by atoms with Crippen molar-refractivity contribution in [3.05, 3.63) is 0 Å². The van der Waals surface area contributed by atoms with Crippen LogP contribution >= 0.6 is 15.9 Å². The minimum Gasteiger partial charge on any atom is -0.549 e. The molecule has 10 heavy (non-hydrogen) atoms. The summed E-state index contributed by atoms with van der Waals surface area (Å²) in [6, 6.07) is 0. The maximum Gasteiger partial charge on any atom is 1.00 e. The molecule has 1 atom stereocenters. The van der Waals surface area contributed by atoms with Gasteiger partial charge in [0.05, 0.1) is 10.8 Å². The first-order chi connectivity index (χ1) is 4.04. The quantitative estimate of drug-likeness (QED) is 0.389. The monoisotopic (exact) mass is 216 g/mol. The molecular formula is C6H10BrNaO2. The van der Waals surface area contributed by atoms with Crippen molar-refractivity contribution in [1.82, 2.24) is 0 Å². The standard InChI is InChI=1S/C6H11BrO2.Na/c1-4(2)3-5(7)6(8)9;/h4-5H,3H2,1-2H3,(H,8,9);/q;+1/p-1/t5-;/m1./s1. The number of halogens is 1. The van der Waals surface area contributed by atoms with Crippen LogP contribution in [0.1, 0.15) is 20.3 Å². The van der Waals surface area contributed by atoms with Crippen molar-refractivity contribution in [2.45, 2.75) is 25.1 Å². The van der Waals surface area contributed by atoms with Crippen LogP contribution in [0.2, 0.25) is 0 Å². The predicted octanol–water partition coefficient (Wildman–Crippen LogP) is -2.45. The van der Waals surface area contributed by atoms with Crippen LogP contribution in [0.3, 0.4) is 0 Å². The fourth-order valence-electron chi connectivity index (χ4n) is 0.510. The van der Waals surface area contributed by atoms with Crippen molar-refractivity contribution in [1.29, 1.82) is 0 Å². The summed E-state index contributed by atoms with van der Waals surface area (Å²) in [6.07, 6.45) is 0.627. The van der Waals surface area contributed by atoms with Gasteiger partial charge in [0.25, 0.3) is 0 Å². The van der Waals surface area contributed by atoms with Crippen LogP contribution in [0.4, 0.5) is 0 Å². The first-order valence-electron chi connectivity index (χ1n) is 2.89. The van der Waals surface area contributed by atoms with Gasteiger partial charge in [-0.1, -0.05) is 29.8 Å². The molecule has 0 unspecified atom stereocenters. The molecule has 0 aromatic rings. The maximum absolute atomic E-state index is 10.1. The largest absolute Gasteiger partial charge is 1.00 e. The third-order valence-electron chi connectivity index (χ3n) is 0.934. The number of carboxylic acid groups (broad SMARTS) is 1. The number of aliphatic carboxylic acids is 1. The molecule has 0 aliphatic rings. The van der Waals surface area contributed by atoms with Gasteiger partial charge >= 0.3 is 29.6 Å². The van der Waals surface area contributed by atoms with E-state index in [0.717, 1.165) is 0 Å². The van der Waals surface area contributed by atoms with Gasteiger partial charge in [-0.25, -0.2) is 0 Å². The van der Waals surface area contributed by atoms with Crippen LogP contribution in [0.15, 0.2) is 0 Å². The van der Waals surface area contributed by atoms with Crippen molar-refractivity contribution in [2.24, 2.45) is 5.92 Å². The molecule has 0 aromatic carbocycles. The summed E-state index contributed by atoms with van der Waals surface area (Å²) in [4.78, 5) is 9.59. The van der Waals surface area contributed by atoms with Crippen molar-refractivity contribution in [3.63, 3.8) is 0 Å². The Kier molecular flexibility index (Phi) is 9.00. The predicted molar refractivity (Wildman–Crippen MR) is 37.2 cm³/mol. The van der Waals surface area contributed by atoms with Crippen molar-refractivity contribution >= 4 is 21.9 Å². The van der Waals surface area contributed by atoms with E-state index >= 15 is 0 Å². The Morgan fingerprint density at radius 2 is 2.00 bits per heavy atom. The maximum atomic E-state index is 10.1. The normalized spacial score (nSPS) is 12.4. The van der Waals surface area contributed by atoms with Crippen molar-refractivity contribution < 1.29 is 39.5 Å². The molecule has 0 heterocycles. The Balaban J connectivity index is 0. The summed E-state index contributed by atoms with van der Waals surface area (Å²) in [5.41, 5.74) is 0. The topological polar surface area (TPSA) is 40.1 Å². The third-order valence-corrected chi connectivity index (χ3v) is 1.68. The van der Waals surface area contributed by atoms with Gasteiger partial charge in [-0.05, 0) is 12.3 Å². The number of hydrogen-bond donors (Lipinski definition) is 0. The molecular weight excluding hydrogens is 207 g/mol. The Bertz CT molecular complexity index is 106. The van der Waals surface area contributed by atoms with E-state index in [4.69, 9.17) is 0 Å². The number of alkyl halides is 1. The first kappa shape index (κ1) is 13.5. The average molecular weight is 217 g/mol. The molecule has 0 radical (unpaired) electrons. The number of carboxylic acids is 1. The summed E-state index contributed by atoms with van der Waals surface area (Å²) < 4.78 is 0. The zero-order valence-electron chi connectivity index (χ0n) is 6.56. The summed E-state index contributed by atoms with van der Waals surface area (Å²) in [5, 5.41) is 10.1. The molecule has 2 nitrogen and oxygen atoms in total. The molecule has 0 fully saturated rings. The second-order valence-electron chi connectivity index (χ2n) is 2.42. The Hall–Kier alpha value is 0.950. The third kappa shape index (κ3) is 7.06. The molecule has 0 spiro atoms. The molecule has 0 saturated carbocycles. The molecule has 0 amide bonds. The van der Waals surface area contributed by atoms with E-state index < -0.39 is 10.8 Å². The molecule has 0 bridgehead atoms. The molecule has 0 rings (SSSR count). The average Bonchev–Trinajstić information content (AvgIpc) is 1.63. The first-order valence-corrected chi connectivity index (χ1v) is 3.80. The molecule has 0 N–H and O–H groups in total. The van der Waals surface area contributed by atoms with E-state index in [1.807, 2.05) is 13.8 Å². The van der Waals surface area contributed by atoms with Crippen LogP contribution in [0.25, 0.3) is 0 Å². The molecule has 54 valence electrons. The van der Waals surface area contributed by atoms with E-state index in [9.17, 15) is 9.90 Å². The van der Waals surface area contributed by atoms with Gasteiger partial charge in [0, 0.05) is 0 Å².